The van der Waals surface area contributed by atoms with Gasteiger partial charge in [-0.1, -0.05) is 12.1 Å². The van der Waals surface area contributed by atoms with Crippen LogP contribution in [0.15, 0.2) is 47.4 Å². The number of carbonyl (C=O) groups excluding carboxylic acids is 1. The van der Waals surface area contributed by atoms with Gasteiger partial charge in [0.25, 0.3) is 0 Å². The lowest BCUT2D eigenvalue weighted by molar-refractivity contribution is -0.117. The van der Waals surface area contributed by atoms with Crippen molar-refractivity contribution in [2.45, 2.75) is 23.8 Å². The van der Waals surface area contributed by atoms with Crippen LogP contribution >= 0.6 is 0 Å². The quantitative estimate of drug-likeness (QED) is 0.744. The first-order valence-electron chi connectivity index (χ1n) is 9.38. The summed E-state index contributed by atoms with van der Waals surface area (Å²) in [6.45, 7) is 1.01. The fourth-order valence-electron chi connectivity index (χ4n) is 3.65. The van der Waals surface area contributed by atoms with E-state index in [4.69, 9.17) is 9.47 Å². The van der Waals surface area contributed by atoms with Crippen molar-refractivity contribution in [3.8, 4) is 11.5 Å². The van der Waals surface area contributed by atoms with Crippen LogP contribution in [0.3, 0.4) is 0 Å². The number of amides is 1. The Labute approximate surface area is 171 Å². The zero-order valence-electron chi connectivity index (χ0n) is 16.8. The highest BCUT2D eigenvalue weighted by Gasteiger charge is 2.30. The van der Waals surface area contributed by atoms with E-state index in [9.17, 15) is 13.2 Å². The molecular weight excluding hydrogens is 392 g/mol. The number of nitrogens with one attached hydrogen (secondary N) is 1. The molecule has 1 atom stereocenters. The number of anilines is 1. The Morgan fingerprint density at radius 1 is 1.17 bits per heavy atom. The zero-order valence-corrected chi connectivity index (χ0v) is 17.7. The first-order valence-corrected chi connectivity index (χ1v) is 11.3. The lowest BCUT2D eigenvalue weighted by Gasteiger charge is -2.26. The molecule has 2 aromatic rings. The topological polar surface area (TPSA) is 84.9 Å². The summed E-state index contributed by atoms with van der Waals surface area (Å²) in [5.41, 5.74) is 1.49. The van der Waals surface area contributed by atoms with Gasteiger partial charge in [-0.05, 0) is 43.7 Å². The maximum atomic E-state index is 12.6. The van der Waals surface area contributed by atoms with Gasteiger partial charge in [0, 0.05) is 29.6 Å². The molecular formula is C21H26N2O5S. The number of carbonyl (C=O) groups is 1. The predicted molar refractivity (Wildman–Crippen MR) is 111 cm³/mol. The molecule has 0 aliphatic carbocycles. The smallest absolute Gasteiger partial charge is 0.238 e. The minimum absolute atomic E-state index is 0.0731. The second-order valence-electron chi connectivity index (χ2n) is 7.08. The van der Waals surface area contributed by atoms with Crippen molar-refractivity contribution < 1.29 is 22.7 Å². The fraction of sp³-hybridized carbons (Fsp3) is 0.381. The molecule has 1 unspecified atom stereocenters. The number of rotatable bonds is 7. The maximum Gasteiger partial charge on any atom is 0.238 e. The van der Waals surface area contributed by atoms with E-state index in [1.807, 2.05) is 18.2 Å². The van der Waals surface area contributed by atoms with Gasteiger partial charge in [-0.3, -0.25) is 9.69 Å². The van der Waals surface area contributed by atoms with Gasteiger partial charge in [0.15, 0.2) is 9.84 Å². The Bertz CT molecular complexity index is 990. The molecule has 1 N–H and O–H groups in total. The molecule has 1 aliphatic heterocycles. The molecule has 7 nitrogen and oxygen atoms in total. The van der Waals surface area contributed by atoms with Crippen LogP contribution in [0.2, 0.25) is 0 Å². The summed E-state index contributed by atoms with van der Waals surface area (Å²) in [6.07, 6.45) is 3.06. The van der Waals surface area contributed by atoms with Gasteiger partial charge < -0.3 is 14.8 Å². The highest BCUT2D eigenvalue weighted by molar-refractivity contribution is 7.90. The molecule has 156 valence electrons. The molecule has 1 heterocycles. The first-order chi connectivity index (χ1) is 13.8. The molecule has 8 heteroatoms. The summed E-state index contributed by atoms with van der Waals surface area (Å²) in [5, 5.41) is 2.80. The predicted octanol–water partition coefficient (Wildman–Crippen LogP) is 2.88. The molecule has 2 aromatic carbocycles. The largest absolute Gasteiger partial charge is 0.497 e. The van der Waals surface area contributed by atoms with E-state index in [2.05, 4.69) is 10.2 Å². The van der Waals surface area contributed by atoms with Crippen molar-refractivity contribution in [3.63, 3.8) is 0 Å². The number of benzene rings is 2. The summed E-state index contributed by atoms with van der Waals surface area (Å²) in [7, 11) is -0.0930. The molecule has 29 heavy (non-hydrogen) atoms. The van der Waals surface area contributed by atoms with E-state index in [1.54, 1.807) is 26.4 Å². The van der Waals surface area contributed by atoms with Crippen molar-refractivity contribution in [2.24, 2.45) is 0 Å². The number of nitrogens with zero attached hydrogens (tertiary/aromatic N) is 1. The van der Waals surface area contributed by atoms with Gasteiger partial charge in [-0.25, -0.2) is 8.42 Å². The average molecular weight is 419 g/mol. The third kappa shape index (κ3) is 5.07. The van der Waals surface area contributed by atoms with Crippen LogP contribution in [-0.2, 0) is 14.6 Å². The van der Waals surface area contributed by atoms with E-state index in [1.165, 1.54) is 12.1 Å². The number of sulfone groups is 1. The van der Waals surface area contributed by atoms with Gasteiger partial charge in [-0.15, -0.1) is 0 Å². The van der Waals surface area contributed by atoms with Crippen LogP contribution in [0.25, 0.3) is 0 Å². The lowest BCUT2D eigenvalue weighted by Crippen LogP contribution is -2.33. The molecule has 0 radical (unpaired) electrons. The Morgan fingerprint density at radius 3 is 2.66 bits per heavy atom. The van der Waals surface area contributed by atoms with Gasteiger partial charge in [-0.2, -0.15) is 0 Å². The minimum atomic E-state index is -3.33. The Balaban J connectivity index is 1.72. The van der Waals surface area contributed by atoms with E-state index in [0.717, 1.165) is 42.7 Å². The summed E-state index contributed by atoms with van der Waals surface area (Å²) < 4.78 is 34.2. The first kappa shape index (κ1) is 21.1. The van der Waals surface area contributed by atoms with Crippen molar-refractivity contribution in [2.75, 3.05) is 38.9 Å². The third-order valence-electron chi connectivity index (χ3n) is 5.06. The van der Waals surface area contributed by atoms with Gasteiger partial charge >= 0.3 is 0 Å². The molecule has 3 rings (SSSR count). The number of hydrogen-bond donors (Lipinski definition) is 1. The molecule has 1 amide bonds. The van der Waals surface area contributed by atoms with Gasteiger partial charge in [0.05, 0.1) is 25.7 Å². The molecule has 0 saturated carbocycles. The van der Waals surface area contributed by atoms with Gasteiger partial charge in [0.2, 0.25) is 5.91 Å². The minimum Gasteiger partial charge on any atom is -0.497 e. The van der Waals surface area contributed by atoms with E-state index in [0.29, 0.717) is 5.69 Å². The third-order valence-corrected chi connectivity index (χ3v) is 6.17. The SMILES string of the molecule is COc1ccc(C2CCCN2CC(=O)Nc2cccc(S(C)(=O)=O)c2)c(OC)c1. The van der Waals surface area contributed by atoms with Crippen molar-refractivity contribution in [3.05, 3.63) is 48.0 Å². The number of likely N-dealkylation sites (tertiary alicyclic amines) is 1. The fourth-order valence-corrected chi connectivity index (χ4v) is 4.32. The molecule has 0 spiro atoms. The van der Waals surface area contributed by atoms with Crippen molar-refractivity contribution in [1.29, 1.82) is 0 Å². The van der Waals surface area contributed by atoms with Crippen LogP contribution in [-0.4, -0.2) is 52.8 Å². The highest BCUT2D eigenvalue weighted by atomic mass is 32.2. The Kier molecular flexibility index (Phi) is 6.44. The van der Waals surface area contributed by atoms with Gasteiger partial charge in [0.1, 0.15) is 11.5 Å². The van der Waals surface area contributed by atoms with Crippen molar-refractivity contribution in [1.82, 2.24) is 4.90 Å². The van der Waals surface area contributed by atoms with Crippen molar-refractivity contribution >= 4 is 21.4 Å². The van der Waals surface area contributed by atoms with Crippen LogP contribution in [0, 0.1) is 0 Å². The normalized spacial score (nSPS) is 17.1. The van der Waals surface area contributed by atoms with E-state index < -0.39 is 9.84 Å². The Hall–Kier alpha value is -2.58. The molecule has 0 aromatic heterocycles. The highest BCUT2D eigenvalue weighted by Crippen LogP contribution is 2.38. The van der Waals surface area contributed by atoms with Crippen LogP contribution < -0.4 is 14.8 Å². The van der Waals surface area contributed by atoms with E-state index in [-0.39, 0.29) is 23.4 Å². The summed E-state index contributed by atoms with van der Waals surface area (Å²) >= 11 is 0. The van der Waals surface area contributed by atoms with E-state index >= 15 is 0 Å². The van der Waals surface area contributed by atoms with Crippen LogP contribution in [0.4, 0.5) is 5.69 Å². The second kappa shape index (κ2) is 8.84. The number of hydrogen-bond acceptors (Lipinski definition) is 6. The number of methoxy groups -OCH3 is 2. The lowest BCUT2D eigenvalue weighted by atomic mass is 10.0. The van der Waals surface area contributed by atoms with Crippen LogP contribution in [0.5, 0.6) is 11.5 Å². The molecule has 0 bridgehead atoms. The molecule has 1 fully saturated rings. The average Bonchev–Trinajstić information content (AvgIpc) is 3.14. The second-order valence-corrected chi connectivity index (χ2v) is 9.10. The number of ether oxygens (including phenoxy) is 2. The summed E-state index contributed by atoms with van der Waals surface area (Å²) in [6, 6.07) is 12.1. The monoisotopic (exact) mass is 418 g/mol. The molecule has 1 saturated heterocycles. The Morgan fingerprint density at radius 2 is 1.97 bits per heavy atom. The zero-order chi connectivity index (χ0) is 21.0. The maximum absolute atomic E-state index is 12.6. The summed E-state index contributed by atoms with van der Waals surface area (Å²) in [5.74, 6) is 1.27. The van der Waals surface area contributed by atoms with Crippen LogP contribution in [0.1, 0.15) is 24.4 Å². The molecule has 1 aliphatic rings. The summed E-state index contributed by atoms with van der Waals surface area (Å²) in [4.78, 5) is 14.9. The standard InChI is InChI=1S/C21H26N2O5S/c1-27-16-9-10-18(20(13-16)28-2)19-8-5-11-23(19)14-21(24)22-15-6-4-7-17(12-15)29(3,25)26/h4,6-7,9-10,12-13,19H,5,8,11,14H2,1-3H3,(H,22,24).